The highest BCUT2D eigenvalue weighted by Gasteiger charge is 2.18. The topological polar surface area (TPSA) is 39.9 Å². The van der Waals surface area contributed by atoms with Crippen molar-refractivity contribution < 1.29 is 4.74 Å². The largest absolute Gasteiger partial charge is 0.381 e. The van der Waals surface area contributed by atoms with Gasteiger partial charge in [-0.25, -0.2) is 0 Å². The van der Waals surface area contributed by atoms with E-state index in [-0.39, 0.29) is 0 Å². The number of hydrogen-bond acceptors (Lipinski definition) is 3. The zero-order chi connectivity index (χ0) is 15.6. The van der Waals surface area contributed by atoms with Gasteiger partial charge in [-0.3, -0.25) is 9.67 Å². The molecule has 1 aliphatic heterocycles. The van der Waals surface area contributed by atoms with Gasteiger partial charge in [0, 0.05) is 48.1 Å². The van der Waals surface area contributed by atoms with E-state index >= 15 is 0 Å². The van der Waals surface area contributed by atoms with E-state index < -0.39 is 0 Å². The summed E-state index contributed by atoms with van der Waals surface area (Å²) in [5.41, 5.74) is 3.17. The number of halogens is 1. The molecule has 0 unspecified atom stereocenters. The molecule has 0 saturated carbocycles. The smallest absolute Gasteiger partial charge is 0.102 e. The van der Waals surface area contributed by atoms with Crippen LogP contribution in [0.5, 0.6) is 0 Å². The number of nitrogens with zero attached hydrogens (tertiary/aromatic N) is 3. The third-order valence-corrected chi connectivity index (χ3v) is 4.69. The van der Waals surface area contributed by atoms with Crippen molar-refractivity contribution >= 4 is 22.5 Å². The molecule has 2 aromatic heterocycles. The van der Waals surface area contributed by atoms with Crippen LogP contribution in [0.3, 0.4) is 0 Å². The molecule has 1 aromatic carbocycles. The third kappa shape index (κ3) is 2.96. The van der Waals surface area contributed by atoms with Crippen molar-refractivity contribution in [2.24, 2.45) is 5.92 Å². The highest BCUT2D eigenvalue weighted by Crippen LogP contribution is 2.29. The molecule has 0 atom stereocenters. The summed E-state index contributed by atoms with van der Waals surface area (Å²) in [4.78, 5) is 4.28. The van der Waals surface area contributed by atoms with E-state index in [4.69, 9.17) is 21.4 Å². The van der Waals surface area contributed by atoms with E-state index in [9.17, 15) is 0 Å². The molecule has 0 radical (unpaired) electrons. The Hall–Kier alpha value is -1.91. The van der Waals surface area contributed by atoms with E-state index in [0.717, 1.165) is 59.8 Å². The maximum absolute atomic E-state index is 6.00. The summed E-state index contributed by atoms with van der Waals surface area (Å²) < 4.78 is 7.58. The molecular weight excluding hydrogens is 310 g/mol. The lowest BCUT2D eigenvalue weighted by Gasteiger charge is -2.22. The van der Waals surface area contributed by atoms with Crippen molar-refractivity contribution in [2.45, 2.75) is 19.4 Å². The van der Waals surface area contributed by atoms with Crippen LogP contribution in [0.1, 0.15) is 12.8 Å². The van der Waals surface area contributed by atoms with Crippen LogP contribution in [0.25, 0.3) is 22.2 Å². The molecule has 0 spiro atoms. The van der Waals surface area contributed by atoms with E-state index in [1.54, 1.807) is 0 Å². The average Bonchev–Trinajstić information content (AvgIpc) is 2.95. The minimum absolute atomic E-state index is 0.623. The van der Waals surface area contributed by atoms with Crippen LogP contribution in [0.15, 0.2) is 42.7 Å². The molecule has 0 aliphatic carbocycles. The van der Waals surface area contributed by atoms with Gasteiger partial charge in [0.2, 0.25) is 0 Å². The number of pyridine rings is 1. The molecule has 1 fully saturated rings. The summed E-state index contributed by atoms with van der Waals surface area (Å²) in [5, 5.41) is 6.70. The average molecular weight is 328 g/mol. The van der Waals surface area contributed by atoms with Crippen molar-refractivity contribution in [3.8, 4) is 11.3 Å². The lowest BCUT2D eigenvalue weighted by atomic mass is 10.0. The first kappa shape index (κ1) is 14.7. The molecule has 3 aromatic rings. The van der Waals surface area contributed by atoms with Crippen LogP contribution in [0, 0.1) is 5.92 Å². The van der Waals surface area contributed by atoms with Gasteiger partial charge in [-0.1, -0.05) is 23.7 Å². The van der Waals surface area contributed by atoms with E-state index in [0.29, 0.717) is 5.92 Å². The summed E-state index contributed by atoms with van der Waals surface area (Å²) in [6.45, 7) is 2.64. The van der Waals surface area contributed by atoms with E-state index in [2.05, 4.69) is 9.67 Å². The number of hydrogen-bond donors (Lipinski definition) is 0. The van der Waals surface area contributed by atoms with Crippen molar-refractivity contribution in [1.29, 1.82) is 0 Å². The maximum Gasteiger partial charge on any atom is 0.102 e. The molecule has 0 N–H and O–H groups in total. The summed E-state index contributed by atoms with van der Waals surface area (Å²) >= 11 is 6.00. The Kier molecular flexibility index (Phi) is 4.02. The SMILES string of the molecule is Clc1ccc(-c2nn(CC3CCOCC3)c3ccncc23)cc1. The van der Waals surface area contributed by atoms with Crippen molar-refractivity contribution in [2.75, 3.05) is 13.2 Å². The maximum atomic E-state index is 6.00. The third-order valence-electron chi connectivity index (χ3n) is 4.44. The van der Waals surface area contributed by atoms with Gasteiger partial charge in [-0.15, -0.1) is 0 Å². The molecule has 3 heterocycles. The lowest BCUT2D eigenvalue weighted by molar-refractivity contribution is 0.0606. The van der Waals surface area contributed by atoms with Crippen LogP contribution < -0.4 is 0 Å². The van der Waals surface area contributed by atoms with Gasteiger partial charge < -0.3 is 4.74 Å². The van der Waals surface area contributed by atoms with Crippen molar-refractivity contribution in [1.82, 2.24) is 14.8 Å². The molecular formula is C18H18ClN3O. The number of benzene rings is 1. The fourth-order valence-corrected chi connectivity index (χ4v) is 3.28. The highest BCUT2D eigenvalue weighted by molar-refractivity contribution is 6.30. The summed E-state index contributed by atoms with van der Waals surface area (Å²) in [6.07, 6.45) is 5.92. The Morgan fingerprint density at radius 3 is 2.70 bits per heavy atom. The molecule has 4 nitrogen and oxygen atoms in total. The summed E-state index contributed by atoms with van der Waals surface area (Å²) in [5.74, 6) is 0.623. The lowest BCUT2D eigenvalue weighted by Crippen LogP contribution is -2.20. The van der Waals surface area contributed by atoms with Gasteiger partial charge in [0.05, 0.1) is 5.52 Å². The van der Waals surface area contributed by atoms with Crippen molar-refractivity contribution in [3.05, 3.63) is 47.7 Å². The second kappa shape index (κ2) is 6.30. The Labute approximate surface area is 140 Å². The zero-order valence-corrected chi connectivity index (χ0v) is 13.5. The normalized spacial score (nSPS) is 16.0. The zero-order valence-electron chi connectivity index (χ0n) is 12.8. The van der Waals surface area contributed by atoms with Gasteiger partial charge in [0.25, 0.3) is 0 Å². The number of fused-ring (bicyclic) bond motifs is 1. The van der Waals surface area contributed by atoms with Crippen LogP contribution in [0.2, 0.25) is 5.02 Å². The Bertz CT molecular complexity index is 807. The molecule has 1 saturated heterocycles. The van der Waals surface area contributed by atoms with Gasteiger partial charge in [0.1, 0.15) is 5.69 Å². The monoisotopic (exact) mass is 327 g/mol. The second-order valence-electron chi connectivity index (χ2n) is 5.99. The first-order valence-corrected chi connectivity index (χ1v) is 8.33. The number of aromatic nitrogens is 3. The molecule has 23 heavy (non-hydrogen) atoms. The van der Waals surface area contributed by atoms with Crippen LogP contribution in [0.4, 0.5) is 0 Å². The van der Waals surface area contributed by atoms with Gasteiger partial charge in [-0.2, -0.15) is 5.10 Å². The number of ether oxygens (including phenoxy) is 1. The molecule has 118 valence electrons. The van der Waals surface area contributed by atoms with Crippen molar-refractivity contribution in [3.63, 3.8) is 0 Å². The summed E-state index contributed by atoms with van der Waals surface area (Å²) in [7, 11) is 0. The Morgan fingerprint density at radius 1 is 1.13 bits per heavy atom. The fraction of sp³-hybridized carbons (Fsp3) is 0.333. The Morgan fingerprint density at radius 2 is 1.91 bits per heavy atom. The van der Waals surface area contributed by atoms with E-state index in [1.807, 2.05) is 42.7 Å². The first-order chi connectivity index (χ1) is 11.3. The second-order valence-corrected chi connectivity index (χ2v) is 6.42. The van der Waals surface area contributed by atoms with Crippen LogP contribution >= 0.6 is 11.6 Å². The van der Waals surface area contributed by atoms with Gasteiger partial charge in [0.15, 0.2) is 0 Å². The first-order valence-electron chi connectivity index (χ1n) is 7.95. The standard InChI is InChI=1S/C18H18ClN3O/c19-15-3-1-14(2-4-15)18-16-11-20-8-5-17(16)22(21-18)12-13-6-9-23-10-7-13/h1-5,8,11,13H,6-7,9-10,12H2. The fourth-order valence-electron chi connectivity index (χ4n) is 3.16. The highest BCUT2D eigenvalue weighted by atomic mass is 35.5. The molecule has 4 rings (SSSR count). The Balaban J connectivity index is 1.75. The molecule has 0 amide bonds. The minimum Gasteiger partial charge on any atom is -0.381 e. The predicted molar refractivity (Wildman–Crippen MR) is 91.5 cm³/mol. The molecule has 5 heteroatoms. The van der Waals surface area contributed by atoms with Gasteiger partial charge >= 0.3 is 0 Å². The summed E-state index contributed by atoms with van der Waals surface area (Å²) in [6, 6.07) is 9.86. The quantitative estimate of drug-likeness (QED) is 0.724. The van der Waals surface area contributed by atoms with Crippen LogP contribution in [-0.2, 0) is 11.3 Å². The van der Waals surface area contributed by atoms with E-state index in [1.165, 1.54) is 0 Å². The number of rotatable bonds is 3. The van der Waals surface area contributed by atoms with Crippen LogP contribution in [-0.4, -0.2) is 28.0 Å². The minimum atomic E-state index is 0.623. The predicted octanol–water partition coefficient (Wildman–Crippen LogP) is 4.18. The molecule has 0 bridgehead atoms. The molecule has 1 aliphatic rings. The van der Waals surface area contributed by atoms with Gasteiger partial charge in [-0.05, 0) is 37.0 Å².